The van der Waals surface area contributed by atoms with Gasteiger partial charge in [-0.25, -0.2) is 9.77 Å². The minimum absolute atomic E-state index is 0.457. The number of ether oxygens (including phenoxy) is 2. The highest BCUT2D eigenvalue weighted by molar-refractivity contribution is 9.11. The van der Waals surface area contributed by atoms with E-state index < -0.39 is 0 Å². The van der Waals surface area contributed by atoms with Crippen LogP contribution in [0.1, 0.15) is 5.56 Å². The Labute approximate surface area is 172 Å². The summed E-state index contributed by atoms with van der Waals surface area (Å²) < 4.78 is 14.9. The standard InChI is InChI=1S/C17H16Br2N4O2S/c1-24-14-6-4-3-5-12(14)16-21-22-17(26)23(16)20-9-10-7-11(18)8-13(19)15(10)25-2/h3-8,20H,9H2,1-2H3,(H,22,26). The molecule has 0 unspecified atom stereocenters. The molecule has 0 saturated carbocycles. The Morgan fingerprint density at radius 2 is 1.96 bits per heavy atom. The average Bonchev–Trinajstić information content (AvgIpc) is 3.00. The van der Waals surface area contributed by atoms with Crippen LogP contribution < -0.4 is 14.9 Å². The maximum atomic E-state index is 5.50. The van der Waals surface area contributed by atoms with Crippen molar-refractivity contribution >= 4 is 44.1 Å². The number of benzene rings is 2. The molecule has 3 rings (SSSR count). The predicted molar refractivity (Wildman–Crippen MR) is 111 cm³/mol. The van der Waals surface area contributed by atoms with Crippen molar-refractivity contribution in [3.8, 4) is 22.9 Å². The highest BCUT2D eigenvalue weighted by Gasteiger charge is 2.15. The molecule has 6 nitrogen and oxygen atoms in total. The van der Waals surface area contributed by atoms with E-state index in [0.717, 1.165) is 25.8 Å². The SMILES string of the molecule is COc1ccccc1-c1n[nH]c(=S)n1NCc1cc(Br)cc(Br)c1OC. The molecule has 26 heavy (non-hydrogen) atoms. The van der Waals surface area contributed by atoms with Gasteiger partial charge >= 0.3 is 0 Å². The van der Waals surface area contributed by atoms with Gasteiger partial charge in [-0.05, 0) is 52.4 Å². The third kappa shape index (κ3) is 3.79. The van der Waals surface area contributed by atoms with Gasteiger partial charge in [0.1, 0.15) is 11.5 Å². The molecule has 0 amide bonds. The molecule has 0 fully saturated rings. The molecule has 0 bridgehead atoms. The van der Waals surface area contributed by atoms with Crippen molar-refractivity contribution in [2.24, 2.45) is 0 Å². The molecule has 0 spiro atoms. The Hall–Kier alpha value is -1.84. The number of aromatic nitrogens is 3. The second kappa shape index (κ2) is 8.24. The van der Waals surface area contributed by atoms with Gasteiger partial charge < -0.3 is 14.9 Å². The van der Waals surface area contributed by atoms with E-state index in [1.54, 1.807) is 18.9 Å². The summed E-state index contributed by atoms with van der Waals surface area (Å²) in [4.78, 5) is 0. The third-order valence-corrected chi connectivity index (χ3v) is 5.06. The Balaban J connectivity index is 1.96. The van der Waals surface area contributed by atoms with Crippen LogP contribution in [-0.2, 0) is 6.54 Å². The predicted octanol–water partition coefficient (Wildman–Crippen LogP) is 4.89. The van der Waals surface area contributed by atoms with E-state index in [9.17, 15) is 0 Å². The summed E-state index contributed by atoms with van der Waals surface area (Å²) in [7, 11) is 3.27. The van der Waals surface area contributed by atoms with Crippen LogP contribution in [0.15, 0.2) is 45.3 Å². The van der Waals surface area contributed by atoms with Gasteiger partial charge in [0.2, 0.25) is 4.77 Å². The fourth-order valence-electron chi connectivity index (χ4n) is 2.59. The van der Waals surface area contributed by atoms with E-state index in [1.165, 1.54) is 0 Å². The minimum atomic E-state index is 0.457. The second-order valence-electron chi connectivity index (χ2n) is 5.30. The topological polar surface area (TPSA) is 64.1 Å². The monoisotopic (exact) mass is 498 g/mol. The molecule has 136 valence electrons. The molecule has 0 aliphatic carbocycles. The first-order chi connectivity index (χ1) is 12.5. The van der Waals surface area contributed by atoms with Crippen LogP contribution in [0.5, 0.6) is 11.5 Å². The molecule has 3 aromatic rings. The van der Waals surface area contributed by atoms with Gasteiger partial charge in [-0.2, -0.15) is 5.10 Å². The lowest BCUT2D eigenvalue weighted by Gasteiger charge is -2.15. The van der Waals surface area contributed by atoms with Crippen LogP contribution in [-0.4, -0.2) is 29.1 Å². The molecular formula is C17H16Br2N4O2S. The number of para-hydroxylation sites is 1. The zero-order chi connectivity index (χ0) is 18.7. The summed E-state index contributed by atoms with van der Waals surface area (Å²) in [5, 5.41) is 7.16. The summed E-state index contributed by atoms with van der Waals surface area (Å²) in [6, 6.07) is 11.6. The highest BCUT2D eigenvalue weighted by Crippen LogP contribution is 2.33. The zero-order valence-corrected chi connectivity index (χ0v) is 18.0. The summed E-state index contributed by atoms with van der Waals surface area (Å²) in [6.45, 7) is 0.483. The number of aromatic amines is 1. The van der Waals surface area contributed by atoms with Gasteiger partial charge in [0.15, 0.2) is 5.82 Å². The number of hydrogen-bond donors (Lipinski definition) is 2. The van der Waals surface area contributed by atoms with E-state index in [0.29, 0.717) is 22.9 Å². The Kier molecular flexibility index (Phi) is 6.00. The maximum Gasteiger partial charge on any atom is 0.214 e. The van der Waals surface area contributed by atoms with Gasteiger partial charge in [0.25, 0.3) is 0 Å². The van der Waals surface area contributed by atoms with Crippen LogP contribution in [0.4, 0.5) is 0 Å². The average molecular weight is 500 g/mol. The number of hydrogen-bond acceptors (Lipinski definition) is 5. The van der Waals surface area contributed by atoms with E-state index in [4.69, 9.17) is 21.7 Å². The van der Waals surface area contributed by atoms with Crippen molar-refractivity contribution in [2.75, 3.05) is 19.6 Å². The first-order valence-electron chi connectivity index (χ1n) is 7.61. The second-order valence-corrected chi connectivity index (χ2v) is 7.46. The molecule has 0 aliphatic rings. The number of halogens is 2. The molecule has 0 aliphatic heterocycles. The van der Waals surface area contributed by atoms with Gasteiger partial charge in [0.05, 0.1) is 30.8 Å². The number of rotatable bonds is 6. The lowest BCUT2D eigenvalue weighted by atomic mass is 10.2. The first kappa shape index (κ1) is 18.9. The normalized spacial score (nSPS) is 10.6. The summed E-state index contributed by atoms with van der Waals surface area (Å²) in [5.41, 5.74) is 5.09. The van der Waals surface area contributed by atoms with Crippen LogP contribution in [0.3, 0.4) is 0 Å². The fourth-order valence-corrected chi connectivity index (χ4v) is 4.26. The summed E-state index contributed by atoms with van der Waals surface area (Å²) in [6.07, 6.45) is 0. The molecule has 1 heterocycles. The molecular weight excluding hydrogens is 484 g/mol. The van der Waals surface area contributed by atoms with Crippen molar-refractivity contribution in [2.45, 2.75) is 6.54 Å². The number of nitrogens with zero attached hydrogens (tertiary/aromatic N) is 2. The molecule has 2 N–H and O–H groups in total. The molecule has 1 aromatic heterocycles. The van der Waals surface area contributed by atoms with E-state index in [-0.39, 0.29) is 0 Å². The summed E-state index contributed by atoms with van der Waals surface area (Å²) in [5.74, 6) is 2.11. The van der Waals surface area contributed by atoms with Crippen molar-refractivity contribution in [1.82, 2.24) is 14.9 Å². The van der Waals surface area contributed by atoms with Gasteiger partial charge in [-0.3, -0.25) is 0 Å². The molecule has 0 radical (unpaired) electrons. The van der Waals surface area contributed by atoms with Crippen molar-refractivity contribution < 1.29 is 9.47 Å². The summed E-state index contributed by atoms with van der Waals surface area (Å²) >= 11 is 12.4. The van der Waals surface area contributed by atoms with Crippen LogP contribution in [0.2, 0.25) is 0 Å². The molecule has 0 saturated heterocycles. The molecule has 0 atom stereocenters. The first-order valence-corrected chi connectivity index (χ1v) is 9.61. The number of methoxy groups -OCH3 is 2. The lowest BCUT2D eigenvalue weighted by Crippen LogP contribution is -2.16. The highest BCUT2D eigenvalue weighted by atomic mass is 79.9. The van der Waals surface area contributed by atoms with Gasteiger partial charge in [0, 0.05) is 10.0 Å². The van der Waals surface area contributed by atoms with Crippen molar-refractivity contribution in [3.05, 3.63) is 55.7 Å². The van der Waals surface area contributed by atoms with Gasteiger partial charge in [-0.15, -0.1) is 0 Å². The Morgan fingerprint density at radius 3 is 2.69 bits per heavy atom. The fraction of sp³-hybridized carbons (Fsp3) is 0.176. The van der Waals surface area contributed by atoms with E-state index in [2.05, 4.69) is 47.5 Å². The van der Waals surface area contributed by atoms with E-state index in [1.807, 2.05) is 36.4 Å². The Morgan fingerprint density at radius 1 is 1.19 bits per heavy atom. The smallest absolute Gasteiger partial charge is 0.214 e. The quantitative estimate of drug-likeness (QED) is 0.472. The van der Waals surface area contributed by atoms with Crippen LogP contribution in [0.25, 0.3) is 11.4 Å². The zero-order valence-electron chi connectivity index (χ0n) is 14.0. The van der Waals surface area contributed by atoms with Crippen LogP contribution >= 0.6 is 44.1 Å². The number of nitrogens with one attached hydrogen (secondary N) is 2. The van der Waals surface area contributed by atoms with Crippen molar-refractivity contribution in [3.63, 3.8) is 0 Å². The van der Waals surface area contributed by atoms with Gasteiger partial charge in [-0.1, -0.05) is 28.1 Å². The van der Waals surface area contributed by atoms with E-state index >= 15 is 0 Å². The number of H-pyrrole nitrogens is 1. The van der Waals surface area contributed by atoms with Crippen molar-refractivity contribution in [1.29, 1.82) is 0 Å². The minimum Gasteiger partial charge on any atom is -0.496 e. The molecule has 9 heteroatoms. The molecule has 2 aromatic carbocycles. The third-order valence-electron chi connectivity index (χ3n) is 3.74. The largest absolute Gasteiger partial charge is 0.496 e. The maximum absolute atomic E-state index is 5.50. The lowest BCUT2D eigenvalue weighted by molar-refractivity contribution is 0.407. The van der Waals surface area contributed by atoms with Crippen LogP contribution in [0, 0.1) is 4.77 Å². The Bertz CT molecular complexity index is 987.